The smallest absolute Gasteiger partial charge is 0.205 e. The molecule has 15 rings (SSSR count). The Morgan fingerprint density at radius 3 is 1.24 bits per heavy atom. The standard InChI is InChI=1S/C14H12N4.C13H10N4O.C12H10N4O.C9H10N4O2.C8H8N4O.C8H8N4/c1-2-4-12(5-3-1)13-8-6-11(7-9-13)10-14-15-17-18-16-14;1-2-4-11(5-3-1)18-12-8-6-10(7-9-12)13-14-16-17-15-13;1-17-11-7-6-10(12-13-15-16-14-12)8-4-2-3-5-9(8)11;1-14-7-4-3-6(5-8(7)15-2)9-10-12-13-11-9;1-13-7-4-2-3-6(5-7)8-9-11-12-10-8;1-2-4-7(5-3-1)6-8-9-11-12-10-8/h1-9H,10H2,(H,15,16,17,18);1-9H,(H,14,15,16,17);2-7H,1H3,(H,13,14,15,16);3-5H,1-2H3,(H,10,11,12,13);2-5H,1H3,(H,9,10,11,12);1-5H,6H2,(H,9,10,11,12). The Hall–Kier alpha value is -13.3. The lowest BCUT2D eigenvalue weighted by Crippen LogP contribution is -1.91. The molecular formula is C64H58N24O5. The molecule has 0 aliphatic carbocycles. The van der Waals surface area contributed by atoms with Crippen LogP contribution in [0.4, 0.5) is 0 Å². The molecule has 0 amide bonds. The number of nitrogens with one attached hydrogen (secondary N) is 6. The van der Waals surface area contributed by atoms with Crippen LogP contribution in [0.5, 0.6) is 34.5 Å². The van der Waals surface area contributed by atoms with Gasteiger partial charge in [0.25, 0.3) is 0 Å². The summed E-state index contributed by atoms with van der Waals surface area (Å²) < 4.78 is 26.4. The van der Waals surface area contributed by atoms with Crippen LogP contribution in [0.15, 0.2) is 218 Å². The summed E-state index contributed by atoms with van der Waals surface area (Å²) in [5.74, 6) is 8.20. The minimum Gasteiger partial charge on any atom is -0.497 e. The second-order valence-electron chi connectivity index (χ2n) is 19.1. The number of tetrazole rings is 6. The van der Waals surface area contributed by atoms with Gasteiger partial charge < -0.3 is 23.7 Å². The molecule has 0 aliphatic rings. The van der Waals surface area contributed by atoms with Crippen LogP contribution in [-0.4, -0.2) is 152 Å². The van der Waals surface area contributed by atoms with E-state index in [1.54, 1.807) is 40.6 Å². The molecule has 6 N–H and O–H groups in total. The monoisotopic (exact) mass is 1240 g/mol. The summed E-state index contributed by atoms with van der Waals surface area (Å²) in [4.78, 5) is 0. The molecule has 15 aromatic rings. The van der Waals surface area contributed by atoms with Gasteiger partial charge in [-0.1, -0.05) is 150 Å². The first kappa shape index (κ1) is 62.7. The van der Waals surface area contributed by atoms with Gasteiger partial charge in [0.1, 0.15) is 23.0 Å². The number of benzene rings is 9. The predicted molar refractivity (Wildman–Crippen MR) is 341 cm³/mol. The van der Waals surface area contributed by atoms with Gasteiger partial charge in [0.2, 0.25) is 23.3 Å². The highest BCUT2D eigenvalue weighted by Gasteiger charge is 2.12. The van der Waals surface area contributed by atoms with Crippen molar-refractivity contribution in [3.05, 3.63) is 241 Å². The number of nitrogens with zero attached hydrogens (tertiary/aromatic N) is 18. The van der Waals surface area contributed by atoms with Crippen molar-refractivity contribution in [2.75, 3.05) is 28.4 Å². The molecule has 6 aromatic heterocycles. The molecule has 0 spiro atoms. The number of aromatic amines is 6. The van der Waals surface area contributed by atoms with Gasteiger partial charge in [0.15, 0.2) is 23.1 Å². The lowest BCUT2D eigenvalue weighted by atomic mass is 10.0. The highest BCUT2D eigenvalue weighted by Crippen LogP contribution is 2.33. The largest absolute Gasteiger partial charge is 0.497 e. The number of H-pyrrole nitrogens is 6. The van der Waals surface area contributed by atoms with E-state index in [9.17, 15) is 0 Å². The average Bonchev–Trinajstić information content (AvgIpc) is 1.76. The summed E-state index contributed by atoms with van der Waals surface area (Å²) in [6.07, 6.45) is 1.43. The van der Waals surface area contributed by atoms with Crippen molar-refractivity contribution < 1.29 is 23.7 Å². The summed E-state index contributed by atoms with van der Waals surface area (Å²) in [6.45, 7) is 0. The molecule has 93 heavy (non-hydrogen) atoms. The molecular weight excluding hydrogens is 1180 g/mol. The maximum Gasteiger partial charge on any atom is 0.205 e. The maximum atomic E-state index is 5.69. The second-order valence-corrected chi connectivity index (χ2v) is 19.1. The maximum absolute atomic E-state index is 5.69. The third-order valence-electron chi connectivity index (χ3n) is 13.2. The fourth-order valence-electron chi connectivity index (χ4n) is 8.73. The van der Waals surface area contributed by atoms with Gasteiger partial charge in [-0.2, -0.15) is 31.3 Å². The molecule has 0 saturated carbocycles. The lowest BCUT2D eigenvalue weighted by Gasteiger charge is -2.07. The molecule has 6 heterocycles. The first-order valence-corrected chi connectivity index (χ1v) is 28.3. The van der Waals surface area contributed by atoms with Gasteiger partial charge in [0.05, 0.1) is 28.4 Å². The third-order valence-corrected chi connectivity index (χ3v) is 13.2. The first-order chi connectivity index (χ1) is 45.9. The van der Waals surface area contributed by atoms with Gasteiger partial charge in [0, 0.05) is 40.5 Å². The van der Waals surface area contributed by atoms with E-state index in [2.05, 4.69) is 160 Å². The van der Waals surface area contributed by atoms with Gasteiger partial charge in [-0.05, 0) is 127 Å². The lowest BCUT2D eigenvalue weighted by molar-refractivity contribution is 0.355. The minimum absolute atomic E-state index is 0.524. The van der Waals surface area contributed by atoms with Crippen molar-refractivity contribution in [2.24, 2.45) is 0 Å². The highest BCUT2D eigenvalue weighted by molar-refractivity contribution is 5.98. The van der Waals surface area contributed by atoms with Gasteiger partial charge in [-0.3, -0.25) is 0 Å². The Bertz CT molecular complexity index is 4500. The predicted octanol–water partition coefficient (Wildman–Crippen LogP) is 9.69. The van der Waals surface area contributed by atoms with Crippen LogP contribution < -0.4 is 23.7 Å². The molecule has 0 unspecified atom stereocenters. The number of para-hydroxylation sites is 1. The Kier molecular flexibility index (Phi) is 22.3. The molecule has 0 atom stereocenters. The molecule has 0 radical (unpaired) electrons. The SMILES string of the molecule is COc1ccc(-c2nn[nH]n2)c2ccccc12.COc1ccc(-c2nn[nH]n2)cc1OC.COc1cccc(-c2nn[nH]n2)c1.c1ccc(-c2ccc(Cc3nn[nH]n3)cc2)cc1.c1ccc(Cc2nn[nH]n2)cc1.c1ccc(Oc2ccc(-c3nn[nH]n3)cc2)cc1. The minimum atomic E-state index is 0.524. The zero-order valence-electron chi connectivity index (χ0n) is 50.3. The molecule has 0 fully saturated rings. The van der Waals surface area contributed by atoms with Gasteiger partial charge >= 0.3 is 0 Å². The van der Waals surface area contributed by atoms with E-state index >= 15 is 0 Å². The number of hydrogen-bond donors (Lipinski definition) is 6. The van der Waals surface area contributed by atoms with E-state index in [1.165, 1.54) is 22.3 Å². The van der Waals surface area contributed by atoms with E-state index in [0.29, 0.717) is 47.0 Å². The molecule has 464 valence electrons. The average molecular weight is 1240 g/mol. The number of aromatic nitrogens is 24. The van der Waals surface area contributed by atoms with Crippen LogP contribution in [0.1, 0.15) is 22.8 Å². The van der Waals surface area contributed by atoms with Gasteiger partial charge in [-0.15, -0.1) is 61.2 Å². The summed E-state index contributed by atoms with van der Waals surface area (Å²) in [5.41, 5.74) is 8.35. The van der Waals surface area contributed by atoms with E-state index in [0.717, 1.165) is 68.3 Å². The van der Waals surface area contributed by atoms with E-state index in [1.807, 2.05) is 170 Å². The van der Waals surface area contributed by atoms with E-state index in [4.69, 9.17) is 23.7 Å². The molecule has 29 heteroatoms. The zero-order valence-corrected chi connectivity index (χ0v) is 50.3. The zero-order chi connectivity index (χ0) is 64.1. The number of rotatable bonds is 15. The van der Waals surface area contributed by atoms with Crippen LogP contribution in [0, 0.1) is 0 Å². The molecule has 0 bridgehead atoms. The van der Waals surface area contributed by atoms with Gasteiger partial charge in [-0.25, -0.2) is 0 Å². The van der Waals surface area contributed by atoms with Crippen LogP contribution in [-0.2, 0) is 12.8 Å². The van der Waals surface area contributed by atoms with Crippen LogP contribution in [0.25, 0.3) is 67.5 Å². The Morgan fingerprint density at radius 1 is 0.280 bits per heavy atom. The van der Waals surface area contributed by atoms with Crippen LogP contribution >= 0.6 is 0 Å². The van der Waals surface area contributed by atoms with Crippen molar-refractivity contribution in [1.82, 2.24) is 124 Å². The van der Waals surface area contributed by atoms with Crippen LogP contribution in [0.3, 0.4) is 0 Å². The third kappa shape index (κ3) is 18.1. The fraction of sp³-hybridized carbons (Fsp3) is 0.0938. The molecule has 0 saturated heterocycles. The number of hydrogen-bond acceptors (Lipinski definition) is 23. The van der Waals surface area contributed by atoms with E-state index < -0.39 is 0 Å². The van der Waals surface area contributed by atoms with Crippen molar-refractivity contribution in [3.8, 4) is 91.2 Å². The molecule has 0 aliphatic heterocycles. The van der Waals surface area contributed by atoms with Crippen molar-refractivity contribution in [1.29, 1.82) is 0 Å². The fourth-order valence-corrected chi connectivity index (χ4v) is 8.73. The highest BCUT2D eigenvalue weighted by atomic mass is 16.5. The van der Waals surface area contributed by atoms with Crippen molar-refractivity contribution in [2.45, 2.75) is 12.8 Å². The molecule has 29 nitrogen and oxygen atoms in total. The Morgan fingerprint density at radius 2 is 0.699 bits per heavy atom. The van der Waals surface area contributed by atoms with Crippen LogP contribution in [0.2, 0.25) is 0 Å². The summed E-state index contributed by atoms with van der Waals surface area (Å²) in [5, 5.41) is 84.6. The van der Waals surface area contributed by atoms with Crippen molar-refractivity contribution in [3.63, 3.8) is 0 Å². The molecule has 9 aromatic carbocycles. The summed E-state index contributed by atoms with van der Waals surface area (Å²) in [6, 6.07) is 70.7. The second kappa shape index (κ2) is 33.1. The Labute approximate surface area is 529 Å². The normalized spacial score (nSPS) is 10.2. The van der Waals surface area contributed by atoms with E-state index in [-0.39, 0.29) is 0 Å². The quantitative estimate of drug-likeness (QED) is 0.0556. The van der Waals surface area contributed by atoms with Crippen molar-refractivity contribution >= 4 is 10.8 Å². The Balaban J connectivity index is 0.000000123. The number of ether oxygens (including phenoxy) is 5. The summed E-state index contributed by atoms with van der Waals surface area (Å²) in [7, 11) is 6.45. The summed E-state index contributed by atoms with van der Waals surface area (Å²) >= 11 is 0. The topological polar surface area (TPSA) is 373 Å². The first-order valence-electron chi connectivity index (χ1n) is 28.3. The number of methoxy groups -OCH3 is 4. The number of fused-ring (bicyclic) bond motifs is 1.